The number of carbonyl (C=O) groups is 1. The van der Waals surface area contributed by atoms with E-state index in [1.807, 2.05) is 36.4 Å². The zero-order valence-corrected chi connectivity index (χ0v) is 17.7. The maximum absolute atomic E-state index is 12.0. The van der Waals surface area contributed by atoms with Crippen LogP contribution >= 0.6 is 23.2 Å². The van der Waals surface area contributed by atoms with E-state index in [2.05, 4.69) is 10.2 Å². The first kappa shape index (κ1) is 21.9. The topological polar surface area (TPSA) is 61.8 Å². The van der Waals surface area contributed by atoms with Crippen LogP contribution in [0.15, 0.2) is 48.5 Å². The third kappa shape index (κ3) is 7.19. The molecule has 2 aromatic rings. The minimum atomic E-state index is -0.595. The van der Waals surface area contributed by atoms with Crippen LogP contribution in [0.3, 0.4) is 0 Å². The van der Waals surface area contributed by atoms with Gasteiger partial charge in [0.05, 0.1) is 22.6 Å². The van der Waals surface area contributed by atoms with Crippen LogP contribution in [0.25, 0.3) is 0 Å². The van der Waals surface area contributed by atoms with E-state index in [9.17, 15) is 9.90 Å². The Morgan fingerprint density at radius 2 is 1.86 bits per heavy atom. The van der Waals surface area contributed by atoms with Gasteiger partial charge >= 0.3 is 0 Å². The third-order valence-corrected chi connectivity index (χ3v) is 5.68. The van der Waals surface area contributed by atoms with Crippen LogP contribution < -0.4 is 10.1 Å². The highest BCUT2D eigenvalue weighted by Gasteiger charge is 2.22. The van der Waals surface area contributed by atoms with Crippen molar-refractivity contribution in [3.63, 3.8) is 0 Å². The molecule has 156 valence electrons. The number of halogens is 2. The molecule has 3 rings (SSSR count). The van der Waals surface area contributed by atoms with Gasteiger partial charge in [0.25, 0.3) is 0 Å². The van der Waals surface area contributed by atoms with Gasteiger partial charge in [-0.25, -0.2) is 0 Å². The number of ether oxygens (including phenoxy) is 1. The van der Waals surface area contributed by atoms with Crippen LogP contribution in [0.2, 0.25) is 10.0 Å². The van der Waals surface area contributed by atoms with Gasteiger partial charge in [0.15, 0.2) is 0 Å². The van der Waals surface area contributed by atoms with E-state index in [4.69, 9.17) is 27.9 Å². The first-order valence-corrected chi connectivity index (χ1v) is 10.6. The van der Waals surface area contributed by atoms with Gasteiger partial charge in [0, 0.05) is 32.2 Å². The van der Waals surface area contributed by atoms with E-state index in [0.29, 0.717) is 23.0 Å². The summed E-state index contributed by atoms with van der Waals surface area (Å²) in [5.74, 6) is 0.642. The van der Waals surface area contributed by atoms with Crippen molar-refractivity contribution >= 4 is 29.1 Å². The molecule has 1 aliphatic rings. The zero-order chi connectivity index (χ0) is 20.6. The number of hydrogen-bond donors (Lipinski definition) is 2. The molecule has 1 atom stereocenters. The van der Waals surface area contributed by atoms with Gasteiger partial charge in [-0.3, -0.25) is 4.79 Å². The minimum absolute atomic E-state index is 0.0796. The lowest BCUT2D eigenvalue weighted by Gasteiger charge is -2.33. The predicted octanol–water partition coefficient (Wildman–Crippen LogP) is 3.56. The summed E-state index contributed by atoms with van der Waals surface area (Å²) in [6.45, 7) is 2.46. The Bertz CT molecular complexity index is 796. The van der Waals surface area contributed by atoms with Crippen LogP contribution in [0.5, 0.6) is 5.75 Å². The second-order valence-corrected chi connectivity index (χ2v) is 8.13. The number of carbonyl (C=O) groups excluding carboxylic acids is 1. The lowest BCUT2D eigenvalue weighted by molar-refractivity contribution is -0.121. The second kappa shape index (κ2) is 10.8. The molecule has 1 saturated heterocycles. The van der Waals surface area contributed by atoms with E-state index >= 15 is 0 Å². The number of aliphatic hydroxyl groups is 1. The Kier molecular flexibility index (Phi) is 8.19. The lowest BCUT2D eigenvalue weighted by Crippen LogP contribution is -2.45. The minimum Gasteiger partial charge on any atom is -0.490 e. The standard InChI is InChI=1S/C22H26Cl2N2O3/c23-20-7-6-19(13-21(20)24)29-18-8-10-26(11-9-18)15-17(27)14-25-22(28)12-16-4-2-1-3-5-16/h1-7,13,17-18,27H,8-12,14-15H2,(H,25,28)/t17-/m1/s1. The lowest BCUT2D eigenvalue weighted by atomic mass is 10.1. The number of amides is 1. The quantitative estimate of drug-likeness (QED) is 0.663. The summed E-state index contributed by atoms with van der Waals surface area (Å²) in [5, 5.41) is 14.1. The monoisotopic (exact) mass is 436 g/mol. The van der Waals surface area contributed by atoms with Crippen molar-refractivity contribution in [3.05, 3.63) is 64.1 Å². The highest BCUT2D eigenvalue weighted by Crippen LogP contribution is 2.28. The molecule has 2 aromatic carbocycles. The van der Waals surface area contributed by atoms with Crippen molar-refractivity contribution in [2.45, 2.75) is 31.5 Å². The smallest absolute Gasteiger partial charge is 0.224 e. The maximum atomic E-state index is 12.0. The summed E-state index contributed by atoms with van der Waals surface area (Å²) >= 11 is 12.0. The molecule has 1 amide bonds. The number of benzene rings is 2. The van der Waals surface area contributed by atoms with Crippen LogP contribution in [0, 0.1) is 0 Å². The summed E-state index contributed by atoms with van der Waals surface area (Å²) < 4.78 is 5.99. The fraction of sp³-hybridized carbons (Fsp3) is 0.409. The molecule has 1 heterocycles. The predicted molar refractivity (Wildman–Crippen MR) is 116 cm³/mol. The number of β-amino-alcohol motifs (C(OH)–C–C–N with tert-alkyl or cyclic N) is 1. The molecule has 0 radical (unpaired) electrons. The van der Waals surface area contributed by atoms with Crippen molar-refractivity contribution in [2.75, 3.05) is 26.2 Å². The fourth-order valence-corrected chi connectivity index (χ4v) is 3.68. The number of rotatable bonds is 8. The van der Waals surface area contributed by atoms with Gasteiger partial charge in [0.1, 0.15) is 11.9 Å². The van der Waals surface area contributed by atoms with Crippen LogP contribution in [-0.4, -0.2) is 54.3 Å². The highest BCUT2D eigenvalue weighted by molar-refractivity contribution is 6.42. The number of piperidine rings is 1. The molecule has 1 fully saturated rings. The first-order chi connectivity index (χ1) is 14.0. The summed E-state index contributed by atoms with van der Waals surface area (Å²) in [4.78, 5) is 14.2. The largest absolute Gasteiger partial charge is 0.490 e. The van der Waals surface area contributed by atoms with Crippen LogP contribution in [0.1, 0.15) is 18.4 Å². The summed E-state index contributed by atoms with van der Waals surface area (Å²) in [5.41, 5.74) is 0.962. The third-order valence-electron chi connectivity index (χ3n) is 4.94. The first-order valence-electron chi connectivity index (χ1n) is 9.82. The fourth-order valence-electron chi connectivity index (χ4n) is 3.39. The number of nitrogens with one attached hydrogen (secondary N) is 1. The Balaban J connectivity index is 1.34. The average Bonchev–Trinajstić information content (AvgIpc) is 2.71. The molecule has 5 nitrogen and oxygen atoms in total. The average molecular weight is 437 g/mol. The van der Waals surface area contributed by atoms with Crippen molar-refractivity contribution in [2.24, 2.45) is 0 Å². The summed E-state index contributed by atoms with van der Waals surface area (Å²) in [7, 11) is 0. The molecular weight excluding hydrogens is 411 g/mol. The molecule has 0 spiro atoms. The number of nitrogens with zero attached hydrogens (tertiary/aromatic N) is 1. The van der Waals surface area contributed by atoms with Gasteiger partial charge in [0.2, 0.25) is 5.91 Å². The van der Waals surface area contributed by atoms with Crippen LogP contribution in [0.4, 0.5) is 0 Å². The molecule has 0 aliphatic carbocycles. The molecule has 0 saturated carbocycles. The molecule has 2 N–H and O–H groups in total. The zero-order valence-electron chi connectivity index (χ0n) is 16.2. The molecule has 0 bridgehead atoms. The molecular formula is C22H26Cl2N2O3. The Hall–Kier alpha value is -1.79. The molecule has 0 unspecified atom stereocenters. The summed E-state index contributed by atoms with van der Waals surface area (Å²) in [6.07, 6.45) is 1.58. The molecule has 29 heavy (non-hydrogen) atoms. The van der Waals surface area contributed by atoms with Crippen LogP contribution in [-0.2, 0) is 11.2 Å². The van der Waals surface area contributed by atoms with Crippen molar-refractivity contribution in [1.29, 1.82) is 0 Å². The Morgan fingerprint density at radius 1 is 1.14 bits per heavy atom. The van der Waals surface area contributed by atoms with Gasteiger partial charge < -0.3 is 20.1 Å². The van der Waals surface area contributed by atoms with Gasteiger partial charge in [-0.1, -0.05) is 53.5 Å². The Labute approximate surface area is 181 Å². The summed E-state index contributed by atoms with van der Waals surface area (Å²) in [6, 6.07) is 14.9. The van der Waals surface area contributed by atoms with E-state index in [1.54, 1.807) is 12.1 Å². The SMILES string of the molecule is O=C(Cc1ccccc1)NC[C@@H](O)CN1CCC(Oc2ccc(Cl)c(Cl)c2)CC1. The molecule has 7 heteroatoms. The second-order valence-electron chi connectivity index (χ2n) is 7.31. The van der Waals surface area contributed by atoms with E-state index in [0.717, 1.165) is 37.2 Å². The van der Waals surface area contributed by atoms with Gasteiger partial charge in [-0.2, -0.15) is 0 Å². The van der Waals surface area contributed by atoms with Crippen molar-refractivity contribution in [1.82, 2.24) is 10.2 Å². The van der Waals surface area contributed by atoms with Gasteiger partial charge in [-0.15, -0.1) is 0 Å². The van der Waals surface area contributed by atoms with Crippen molar-refractivity contribution in [3.8, 4) is 5.75 Å². The highest BCUT2D eigenvalue weighted by atomic mass is 35.5. The van der Waals surface area contributed by atoms with Gasteiger partial charge in [-0.05, 0) is 30.5 Å². The molecule has 1 aliphatic heterocycles. The maximum Gasteiger partial charge on any atom is 0.224 e. The number of aliphatic hydroxyl groups excluding tert-OH is 1. The number of hydrogen-bond acceptors (Lipinski definition) is 4. The Morgan fingerprint density at radius 3 is 2.55 bits per heavy atom. The van der Waals surface area contributed by atoms with E-state index < -0.39 is 6.10 Å². The normalized spacial score (nSPS) is 16.4. The van der Waals surface area contributed by atoms with E-state index in [1.165, 1.54) is 0 Å². The van der Waals surface area contributed by atoms with Crippen molar-refractivity contribution < 1.29 is 14.6 Å². The molecule has 0 aromatic heterocycles. The van der Waals surface area contributed by atoms with E-state index in [-0.39, 0.29) is 18.6 Å². The number of likely N-dealkylation sites (tertiary alicyclic amines) is 1.